The van der Waals surface area contributed by atoms with E-state index in [1.165, 1.54) is 36.7 Å². The number of carbonyl (C=O) groups is 1. The van der Waals surface area contributed by atoms with Crippen LogP contribution in [0.2, 0.25) is 0 Å². The van der Waals surface area contributed by atoms with Crippen LogP contribution in [0.1, 0.15) is 18.5 Å². The van der Waals surface area contributed by atoms with Gasteiger partial charge in [-0.25, -0.2) is 4.39 Å². The molecule has 0 aliphatic rings. The van der Waals surface area contributed by atoms with Crippen LogP contribution in [0.25, 0.3) is 32.9 Å². The van der Waals surface area contributed by atoms with Crippen LogP contribution in [-0.2, 0) is 11.2 Å². The van der Waals surface area contributed by atoms with Crippen LogP contribution in [0, 0.1) is 5.82 Å². The molecule has 0 atom stereocenters. The zero-order valence-corrected chi connectivity index (χ0v) is 19.7. The first-order valence-corrected chi connectivity index (χ1v) is 11.6. The van der Waals surface area contributed by atoms with E-state index in [-0.39, 0.29) is 11.7 Å². The highest BCUT2D eigenvalue weighted by Crippen LogP contribution is 2.33. The molecule has 1 amide bonds. The molecular formula is C25H20FN5O3S. The van der Waals surface area contributed by atoms with E-state index in [1.807, 2.05) is 13.0 Å². The van der Waals surface area contributed by atoms with Gasteiger partial charge < -0.3 is 14.5 Å². The van der Waals surface area contributed by atoms with Gasteiger partial charge in [0, 0.05) is 23.6 Å². The van der Waals surface area contributed by atoms with Crippen molar-refractivity contribution >= 4 is 34.0 Å². The molecule has 0 bridgehead atoms. The number of carbonyl (C=O) groups excluding carboxylic acids is 1. The minimum Gasteiger partial charge on any atom is -0.495 e. The molecule has 0 unspecified atom stereocenters. The SMILES string of the molecule is CCc1nnc2sc(-c3ccc(OC)c(NC(=O)/C=C/c4ccc(-c5ccc(F)cc5)o4)c3)nn12. The number of methoxy groups -OCH3 is 1. The average molecular weight is 490 g/mol. The standard InChI is InChI=1S/C25H20FN5O3S/c1-3-22-28-29-25-31(22)30-24(35-25)16-6-11-21(33-2)19(14-16)27-23(32)13-10-18-9-12-20(34-18)15-4-7-17(26)8-5-15/h4-14H,3H2,1-2H3,(H,27,32)/b13-10+. The van der Waals surface area contributed by atoms with Crippen molar-refractivity contribution in [3.63, 3.8) is 0 Å². The summed E-state index contributed by atoms with van der Waals surface area (Å²) in [4.78, 5) is 13.3. The monoisotopic (exact) mass is 489 g/mol. The van der Waals surface area contributed by atoms with Gasteiger partial charge in [-0.15, -0.1) is 10.2 Å². The average Bonchev–Trinajstić information content (AvgIpc) is 3.59. The quantitative estimate of drug-likeness (QED) is 0.305. The van der Waals surface area contributed by atoms with Gasteiger partial charge in [-0.2, -0.15) is 9.61 Å². The Morgan fingerprint density at radius 1 is 1.14 bits per heavy atom. The summed E-state index contributed by atoms with van der Waals surface area (Å²) < 4.78 is 26.0. The topological polar surface area (TPSA) is 94.6 Å². The highest BCUT2D eigenvalue weighted by atomic mass is 32.1. The molecule has 10 heteroatoms. The molecule has 0 spiro atoms. The van der Waals surface area contributed by atoms with Crippen LogP contribution in [0.3, 0.4) is 0 Å². The molecule has 3 heterocycles. The number of nitrogens with one attached hydrogen (secondary N) is 1. The molecule has 1 N–H and O–H groups in total. The third-order valence-corrected chi connectivity index (χ3v) is 6.18. The number of furan rings is 1. The smallest absolute Gasteiger partial charge is 0.248 e. The van der Waals surface area contributed by atoms with Gasteiger partial charge in [0.1, 0.15) is 28.1 Å². The van der Waals surface area contributed by atoms with E-state index in [2.05, 4.69) is 20.6 Å². The maximum absolute atomic E-state index is 13.1. The summed E-state index contributed by atoms with van der Waals surface area (Å²) in [6, 6.07) is 15.0. The van der Waals surface area contributed by atoms with Gasteiger partial charge in [0.25, 0.3) is 0 Å². The van der Waals surface area contributed by atoms with E-state index < -0.39 is 0 Å². The number of hydrogen-bond acceptors (Lipinski definition) is 7. The number of amides is 1. The fourth-order valence-corrected chi connectivity index (χ4v) is 4.33. The zero-order valence-electron chi connectivity index (χ0n) is 18.9. The number of aromatic nitrogens is 4. The van der Waals surface area contributed by atoms with Gasteiger partial charge >= 0.3 is 0 Å². The lowest BCUT2D eigenvalue weighted by molar-refractivity contribution is -0.111. The lowest BCUT2D eigenvalue weighted by Gasteiger charge is -2.10. The molecule has 176 valence electrons. The Hall–Kier alpha value is -4.31. The Morgan fingerprint density at radius 3 is 2.71 bits per heavy atom. The number of aryl methyl sites for hydroxylation is 1. The lowest BCUT2D eigenvalue weighted by Crippen LogP contribution is -2.09. The molecule has 5 rings (SSSR count). The Balaban J connectivity index is 1.33. The fourth-order valence-electron chi connectivity index (χ4n) is 3.48. The first-order chi connectivity index (χ1) is 17.0. The second-order valence-corrected chi connectivity index (χ2v) is 8.47. The van der Waals surface area contributed by atoms with Crippen LogP contribution in [0.5, 0.6) is 5.75 Å². The molecule has 5 aromatic rings. The van der Waals surface area contributed by atoms with Crippen LogP contribution in [0.15, 0.2) is 65.1 Å². The van der Waals surface area contributed by atoms with Crippen LogP contribution in [-0.4, -0.2) is 32.8 Å². The van der Waals surface area contributed by atoms with Gasteiger partial charge in [0.2, 0.25) is 10.9 Å². The number of anilines is 1. The molecule has 0 radical (unpaired) electrons. The summed E-state index contributed by atoms with van der Waals surface area (Å²) in [5.41, 5.74) is 2.07. The molecule has 3 aromatic heterocycles. The van der Waals surface area contributed by atoms with Crippen LogP contribution >= 0.6 is 11.3 Å². The molecule has 0 saturated heterocycles. The van der Waals surface area contributed by atoms with Crippen molar-refractivity contribution in [2.75, 3.05) is 12.4 Å². The summed E-state index contributed by atoms with van der Waals surface area (Å²) in [6.45, 7) is 2.00. The van der Waals surface area contributed by atoms with E-state index >= 15 is 0 Å². The van der Waals surface area contributed by atoms with Crippen molar-refractivity contribution in [3.8, 4) is 27.6 Å². The number of halogens is 1. The van der Waals surface area contributed by atoms with E-state index in [1.54, 1.807) is 47.0 Å². The van der Waals surface area contributed by atoms with Crippen molar-refractivity contribution in [1.29, 1.82) is 0 Å². The van der Waals surface area contributed by atoms with Gasteiger partial charge in [-0.1, -0.05) is 18.3 Å². The van der Waals surface area contributed by atoms with E-state index in [0.717, 1.165) is 28.4 Å². The molecular weight excluding hydrogens is 469 g/mol. The fraction of sp³-hybridized carbons (Fsp3) is 0.120. The van der Waals surface area contributed by atoms with Crippen molar-refractivity contribution in [1.82, 2.24) is 19.8 Å². The van der Waals surface area contributed by atoms with Crippen LogP contribution < -0.4 is 10.1 Å². The van der Waals surface area contributed by atoms with Gasteiger partial charge in [-0.05, 0) is 60.7 Å². The number of fused-ring (bicyclic) bond motifs is 1. The largest absolute Gasteiger partial charge is 0.495 e. The Labute approximate surface area is 203 Å². The number of rotatable bonds is 7. The first kappa shape index (κ1) is 22.5. The summed E-state index contributed by atoms with van der Waals surface area (Å²) in [6.07, 6.45) is 3.66. The molecule has 0 aliphatic heterocycles. The second kappa shape index (κ2) is 9.51. The lowest BCUT2D eigenvalue weighted by atomic mass is 10.2. The normalized spacial score (nSPS) is 11.4. The number of benzene rings is 2. The minimum atomic E-state index is -0.355. The van der Waals surface area contributed by atoms with Crippen molar-refractivity contribution in [2.24, 2.45) is 0 Å². The third kappa shape index (κ3) is 4.69. The molecule has 2 aromatic carbocycles. The third-order valence-electron chi connectivity index (χ3n) is 5.23. The van der Waals surface area contributed by atoms with E-state index in [4.69, 9.17) is 9.15 Å². The number of hydrogen-bond donors (Lipinski definition) is 1. The molecule has 8 nitrogen and oxygen atoms in total. The molecule has 0 saturated carbocycles. The maximum Gasteiger partial charge on any atom is 0.248 e. The second-order valence-electron chi connectivity index (χ2n) is 7.52. The number of nitrogens with zero attached hydrogens (tertiary/aromatic N) is 4. The summed E-state index contributed by atoms with van der Waals surface area (Å²) in [5.74, 6) is 1.71. The van der Waals surface area contributed by atoms with Crippen LogP contribution in [0.4, 0.5) is 10.1 Å². The maximum atomic E-state index is 13.1. The number of ether oxygens (including phenoxy) is 1. The highest BCUT2D eigenvalue weighted by Gasteiger charge is 2.14. The van der Waals surface area contributed by atoms with Gasteiger partial charge in [-0.3, -0.25) is 4.79 Å². The Bertz CT molecular complexity index is 1530. The first-order valence-electron chi connectivity index (χ1n) is 10.8. The summed E-state index contributed by atoms with van der Waals surface area (Å²) >= 11 is 1.41. The van der Waals surface area contributed by atoms with E-state index in [9.17, 15) is 9.18 Å². The Morgan fingerprint density at radius 2 is 1.94 bits per heavy atom. The predicted molar refractivity (Wildman–Crippen MR) is 132 cm³/mol. The van der Waals surface area contributed by atoms with Gasteiger partial charge in [0.05, 0.1) is 12.8 Å². The summed E-state index contributed by atoms with van der Waals surface area (Å²) in [5, 5.41) is 16.5. The molecule has 0 fully saturated rings. The van der Waals surface area contributed by atoms with Crippen molar-refractivity contribution < 1.29 is 18.3 Å². The summed E-state index contributed by atoms with van der Waals surface area (Å²) in [7, 11) is 1.54. The molecule has 35 heavy (non-hydrogen) atoms. The zero-order chi connectivity index (χ0) is 24.4. The van der Waals surface area contributed by atoms with Crippen molar-refractivity contribution in [3.05, 3.63) is 78.1 Å². The predicted octanol–water partition coefficient (Wildman–Crippen LogP) is 5.47. The molecule has 0 aliphatic carbocycles. The highest BCUT2D eigenvalue weighted by molar-refractivity contribution is 7.19. The minimum absolute atomic E-state index is 0.316. The Kier molecular flexibility index (Phi) is 6.11. The van der Waals surface area contributed by atoms with E-state index in [0.29, 0.717) is 27.9 Å². The van der Waals surface area contributed by atoms with Gasteiger partial charge in [0.15, 0.2) is 5.82 Å². The van der Waals surface area contributed by atoms with Crippen molar-refractivity contribution in [2.45, 2.75) is 13.3 Å².